The Hall–Kier alpha value is -2.72. The number of hydrogen-bond acceptors (Lipinski definition) is 7. The molecule has 0 N–H and O–H groups in total. The number of carbonyl (C=O) groups is 1. The van der Waals surface area contributed by atoms with Gasteiger partial charge in [0.1, 0.15) is 17.4 Å². The van der Waals surface area contributed by atoms with Gasteiger partial charge in [-0.2, -0.15) is 0 Å². The number of halogens is 3. The number of alkyl halides is 2. The van der Waals surface area contributed by atoms with E-state index in [-0.39, 0.29) is 25.7 Å². The summed E-state index contributed by atoms with van der Waals surface area (Å²) >= 11 is 6.10. The van der Waals surface area contributed by atoms with Crippen molar-refractivity contribution in [1.82, 2.24) is 15.1 Å². The van der Waals surface area contributed by atoms with Gasteiger partial charge in [-0.3, -0.25) is 4.90 Å². The Morgan fingerprint density at radius 1 is 1.22 bits per heavy atom. The Morgan fingerprint density at radius 2 is 1.97 bits per heavy atom. The number of amides is 1. The summed E-state index contributed by atoms with van der Waals surface area (Å²) in [7, 11) is 3.33. The summed E-state index contributed by atoms with van der Waals surface area (Å²) in [5, 5.41) is 9.20. The molecule has 3 heterocycles. The van der Waals surface area contributed by atoms with E-state index in [0.717, 1.165) is 0 Å². The lowest BCUT2D eigenvalue weighted by molar-refractivity contribution is -0.0492. The first-order chi connectivity index (χ1) is 16.9. The number of carbonyl (C=O) groups excluding carboxylic acids is 1. The van der Waals surface area contributed by atoms with E-state index in [1.54, 1.807) is 51.1 Å². The first kappa shape index (κ1) is 26.3. The molecule has 2 aliphatic heterocycles. The van der Waals surface area contributed by atoms with Crippen LogP contribution in [0.2, 0.25) is 5.02 Å². The highest BCUT2D eigenvalue weighted by Crippen LogP contribution is 2.47. The van der Waals surface area contributed by atoms with E-state index in [2.05, 4.69) is 10.2 Å². The topological polar surface area (TPSA) is 77.0 Å². The Balaban J connectivity index is 1.51. The van der Waals surface area contributed by atoms with E-state index in [1.165, 1.54) is 12.0 Å². The quantitative estimate of drug-likeness (QED) is 0.469. The molecular formula is C25H31ClF2N4O4. The number of anilines is 1. The molecule has 1 amide bonds. The molecule has 0 saturated carbocycles. The van der Waals surface area contributed by atoms with E-state index in [4.69, 9.17) is 25.8 Å². The number of nitrogens with zero attached hydrogens (tertiary/aromatic N) is 4. The van der Waals surface area contributed by atoms with Gasteiger partial charge in [0.2, 0.25) is 0 Å². The fourth-order valence-electron chi connectivity index (χ4n) is 4.86. The van der Waals surface area contributed by atoms with Crippen LogP contribution in [0.25, 0.3) is 11.3 Å². The van der Waals surface area contributed by atoms with Crippen molar-refractivity contribution < 1.29 is 27.8 Å². The highest BCUT2D eigenvalue weighted by Gasteiger charge is 2.60. The molecule has 2 saturated heterocycles. The maximum atomic E-state index is 14.9. The molecule has 8 nitrogen and oxygen atoms in total. The predicted octanol–water partition coefficient (Wildman–Crippen LogP) is 5.39. The molecule has 11 heteroatoms. The van der Waals surface area contributed by atoms with Gasteiger partial charge in [-0.1, -0.05) is 11.6 Å². The molecule has 4 rings (SSSR count). The van der Waals surface area contributed by atoms with Crippen molar-refractivity contribution in [3.8, 4) is 17.0 Å². The van der Waals surface area contributed by atoms with E-state index in [0.29, 0.717) is 34.3 Å². The van der Waals surface area contributed by atoms with Crippen LogP contribution in [0.3, 0.4) is 0 Å². The van der Waals surface area contributed by atoms with Crippen molar-refractivity contribution in [2.75, 3.05) is 25.9 Å². The second-order valence-corrected chi connectivity index (χ2v) is 10.7. The monoisotopic (exact) mass is 524 g/mol. The minimum Gasteiger partial charge on any atom is -0.467 e. The van der Waals surface area contributed by atoms with E-state index >= 15 is 0 Å². The van der Waals surface area contributed by atoms with Crippen LogP contribution in [0, 0.1) is 0 Å². The summed E-state index contributed by atoms with van der Waals surface area (Å²) < 4.78 is 45.7. The van der Waals surface area contributed by atoms with Gasteiger partial charge in [-0.15, -0.1) is 10.2 Å². The van der Waals surface area contributed by atoms with E-state index < -0.39 is 29.7 Å². The summed E-state index contributed by atoms with van der Waals surface area (Å²) in [5.74, 6) is -1.92. The van der Waals surface area contributed by atoms with Crippen LogP contribution >= 0.6 is 11.6 Å². The molecule has 0 aliphatic carbocycles. The minimum absolute atomic E-state index is 0.0521. The van der Waals surface area contributed by atoms with Gasteiger partial charge >= 0.3 is 6.09 Å². The number of piperidine rings is 1. The SMILES string of the molecule is COCOc1cc(Cl)ccc1-c1ccc(N(C)[C@H]2C[C@@H]3CC(F)(F)[C@H](C2)N3C(=O)OC(C)(C)C)nn1. The van der Waals surface area contributed by atoms with Gasteiger partial charge in [0.05, 0.1) is 5.69 Å². The van der Waals surface area contributed by atoms with Crippen LogP contribution in [0.5, 0.6) is 5.75 Å². The largest absolute Gasteiger partial charge is 0.467 e. The lowest BCUT2D eigenvalue weighted by Gasteiger charge is -2.42. The summed E-state index contributed by atoms with van der Waals surface area (Å²) in [4.78, 5) is 15.8. The van der Waals surface area contributed by atoms with Crippen LogP contribution in [0.1, 0.15) is 40.0 Å². The molecule has 0 spiro atoms. The Bertz CT molecular complexity index is 1100. The smallest absolute Gasteiger partial charge is 0.411 e. The molecule has 2 fully saturated rings. The molecule has 0 unspecified atom stereocenters. The predicted molar refractivity (Wildman–Crippen MR) is 132 cm³/mol. The van der Waals surface area contributed by atoms with Crippen molar-refractivity contribution in [2.24, 2.45) is 0 Å². The average Bonchev–Trinajstić information content (AvgIpc) is 2.96. The van der Waals surface area contributed by atoms with Gasteiger partial charge in [-0.25, -0.2) is 13.6 Å². The number of fused-ring (bicyclic) bond motifs is 2. The molecule has 2 bridgehead atoms. The molecule has 36 heavy (non-hydrogen) atoms. The van der Waals surface area contributed by atoms with Gasteiger partial charge in [0.15, 0.2) is 12.6 Å². The third kappa shape index (κ3) is 5.49. The second-order valence-electron chi connectivity index (χ2n) is 10.2. The zero-order valence-electron chi connectivity index (χ0n) is 21.0. The third-order valence-corrected chi connectivity index (χ3v) is 6.71. The molecule has 2 aromatic rings. The Morgan fingerprint density at radius 3 is 2.58 bits per heavy atom. The molecule has 196 valence electrons. The number of methoxy groups -OCH3 is 1. The van der Waals surface area contributed by atoms with Crippen molar-refractivity contribution >= 4 is 23.5 Å². The molecule has 2 aliphatic rings. The van der Waals surface area contributed by atoms with Gasteiger partial charge in [-0.05, 0) is 63.9 Å². The van der Waals surface area contributed by atoms with Crippen LogP contribution in [-0.2, 0) is 9.47 Å². The minimum atomic E-state index is -2.97. The van der Waals surface area contributed by atoms with Crippen molar-refractivity contribution in [3.05, 3.63) is 35.4 Å². The fourth-order valence-corrected chi connectivity index (χ4v) is 5.02. The maximum Gasteiger partial charge on any atom is 0.411 e. The standard InChI is InChI=1S/C25H31ClF2N4O4/c1-24(2,3)36-23(33)32-17-11-16(12-21(32)25(27,28)13-17)31(4)22-9-8-19(29-30-22)18-7-6-15(26)10-20(18)35-14-34-5/h6-10,16-17,21H,11-14H2,1-5H3/t16-,17+,21-/m0/s1. The lowest BCUT2D eigenvalue weighted by atomic mass is 9.96. The average molecular weight is 525 g/mol. The van der Waals surface area contributed by atoms with Crippen LogP contribution in [-0.4, -0.2) is 71.8 Å². The van der Waals surface area contributed by atoms with Crippen LogP contribution in [0.15, 0.2) is 30.3 Å². The Labute approximate surface area is 214 Å². The molecule has 1 aromatic heterocycles. The van der Waals surface area contributed by atoms with Crippen LogP contribution < -0.4 is 9.64 Å². The first-order valence-electron chi connectivity index (χ1n) is 11.8. The molecular weight excluding hydrogens is 494 g/mol. The number of ether oxygens (including phenoxy) is 3. The summed E-state index contributed by atoms with van der Waals surface area (Å²) in [6, 6.07) is 6.70. The fraction of sp³-hybridized carbons (Fsp3) is 0.560. The van der Waals surface area contributed by atoms with Gasteiger partial charge in [0, 0.05) is 43.2 Å². The Kier molecular flexibility index (Phi) is 7.30. The third-order valence-electron chi connectivity index (χ3n) is 6.48. The number of rotatable bonds is 6. The highest BCUT2D eigenvalue weighted by molar-refractivity contribution is 6.30. The maximum absolute atomic E-state index is 14.9. The summed E-state index contributed by atoms with van der Waals surface area (Å²) in [6.45, 7) is 5.23. The van der Waals surface area contributed by atoms with E-state index in [9.17, 15) is 13.6 Å². The van der Waals surface area contributed by atoms with Gasteiger partial charge in [0.25, 0.3) is 5.92 Å². The second kappa shape index (κ2) is 9.97. The zero-order valence-corrected chi connectivity index (χ0v) is 21.8. The molecule has 3 atom stereocenters. The normalized spacial score (nSPS) is 22.9. The molecule has 0 radical (unpaired) electrons. The lowest BCUT2D eigenvalue weighted by Crippen LogP contribution is -2.55. The van der Waals surface area contributed by atoms with Crippen LogP contribution in [0.4, 0.5) is 19.4 Å². The summed E-state index contributed by atoms with van der Waals surface area (Å²) in [5.41, 5.74) is 0.512. The number of benzene rings is 1. The summed E-state index contributed by atoms with van der Waals surface area (Å²) in [6.07, 6.45) is -0.562. The number of aromatic nitrogens is 2. The first-order valence-corrected chi connectivity index (χ1v) is 12.1. The highest BCUT2D eigenvalue weighted by atomic mass is 35.5. The van der Waals surface area contributed by atoms with Crippen molar-refractivity contribution in [2.45, 2.75) is 69.7 Å². The van der Waals surface area contributed by atoms with Gasteiger partial charge < -0.3 is 19.1 Å². The zero-order chi connectivity index (χ0) is 26.3. The van der Waals surface area contributed by atoms with Crippen molar-refractivity contribution in [3.63, 3.8) is 0 Å². The number of hydrogen-bond donors (Lipinski definition) is 0. The van der Waals surface area contributed by atoms with Crippen molar-refractivity contribution in [1.29, 1.82) is 0 Å². The molecule has 1 aromatic carbocycles. The van der Waals surface area contributed by atoms with E-state index in [1.807, 2.05) is 11.9 Å².